The zero-order valence-electron chi connectivity index (χ0n) is 9.09. The molecular formula is C12H15NO. The lowest BCUT2D eigenvalue weighted by molar-refractivity contribution is 0.441. The van der Waals surface area contributed by atoms with E-state index in [1.165, 1.54) is 11.1 Å². The molecule has 0 spiro atoms. The summed E-state index contributed by atoms with van der Waals surface area (Å²) in [6, 6.07) is 4.22. The first-order chi connectivity index (χ1) is 6.59. The van der Waals surface area contributed by atoms with Crippen LogP contribution in [0.3, 0.4) is 0 Å². The summed E-state index contributed by atoms with van der Waals surface area (Å²) in [5.41, 5.74) is 4.51. The third-order valence-electron chi connectivity index (χ3n) is 2.66. The van der Waals surface area contributed by atoms with Gasteiger partial charge in [-0.15, -0.1) is 0 Å². The van der Waals surface area contributed by atoms with Gasteiger partial charge in [0.25, 0.3) is 0 Å². The van der Waals surface area contributed by atoms with Crippen LogP contribution in [0.15, 0.2) is 16.7 Å². The van der Waals surface area contributed by atoms with E-state index in [9.17, 15) is 0 Å². The fourth-order valence-corrected chi connectivity index (χ4v) is 1.63. The second-order valence-electron chi connectivity index (χ2n) is 4.16. The van der Waals surface area contributed by atoms with Gasteiger partial charge in [0.1, 0.15) is 0 Å². The molecule has 0 bridgehead atoms. The van der Waals surface area contributed by atoms with Crippen LogP contribution in [0.2, 0.25) is 0 Å². The highest BCUT2D eigenvalue weighted by Crippen LogP contribution is 2.26. The SMILES string of the molecule is Cc1cc2onc(C(C)C)c2cc1C. The number of fused-ring (bicyclic) bond motifs is 1. The maximum absolute atomic E-state index is 5.30. The van der Waals surface area contributed by atoms with Gasteiger partial charge in [0, 0.05) is 5.39 Å². The molecule has 0 aliphatic heterocycles. The first-order valence-corrected chi connectivity index (χ1v) is 4.96. The Morgan fingerprint density at radius 2 is 1.79 bits per heavy atom. The first-order valence-electron chi connectivity index (χ1n) is 4.96. The Labute approximate surface area is 83.9 Å². The van der Waals surface area contributed by atoms with Gasteiger partial charge in [0.05, 0.1) is 5.69 Å². The van der Waals surface area contributed by atoms with Crippen LogP contribution in [0.25, 0.3) is 11.0 Å². The Hall–Kier alpha value is -1.31. The van der Waals surface area contributed by atoms with Gasteiger partial charge in [-0.25, -0.2) is 0 Å². The first kappa shape index (κ1) is 9.25. The summed E-state index contributed by atoms with van der Waals surface area (Å²) in [6.45, 7) is 8.47. The van der Waals surface area contributed by atoms with Crippen molar-refractivity contribution in [2.45, 2.75) is 33.6 Å². The molecule has 0 fully saturated rings. The topological polar surface area (TPSA) is 26.0 Å². The summed E-state index contributed by atoms with van der Waals surface area (Å²) in [6.07, 6.45) is 0. The van der Waals surface area contributed by atoms with Crippen LogP contribution in [0.4, 0.5) is 0 Å². The molecule has 0 unspecified atom stereocenters. The minimum Gasteiger partial charge on any atom is -0.356 e. The minimum absolute atomic E-state index is 0.415. The summed E-state index contributed by atoms with van der Waals surface area (Å²) in [5, 5.41) is 5.26. The third kappa shape index (κ3) is 1.31. The van der Waals surface area contributed by atoms with E-state index in [0.29, 0.717) is 5.92 Å². The Kier molecular flexibility index (Phi) is 2.06. The van der Waals surface area contributed by atoms with E-state index in [0.717, 1.165) is 16.7 Å². The van der Waals surface area contributed by atoms with Gasteiger partial charge in [0.15, 0.2) is 5.58 Å². The molecule has 0 saturated heterocycles. The molecule has 0 aliphatic rings. The van der Waals surface area contributed by atoms with Gasteiger partial charge >= 0.3 is 0 Å². The van der Waals surface area contributed by atoms with Crippen LogP contribution in [-0.2, 0) is 0 Å². The van der Waals surface area contributed by atoms with Crippen LogP contribution in [0.5, 0.6) is 0 Å². The Morgan fingerprint density at radius 1 is 1.14 bits per heavy atom. The average Bonchev–Trinajstić information content (AvgIpc) is 2.48. The maximum Gasteiger partial charge on any atom is 0.167 e. The van der Waals surface area contributed by atoms with Crippen molar-refractivity contribution < 1.29 is 4.52 Å². The lowest BCUT2D eigenvalue weighted by Crippen LogP contribution is -1.88. The van der Waals surface area contributed by atoms with Crippen molar-refractivity contribution in [1.82, 2.24) is 5.16 Å². The molecule has 1 aromatic heterocycles. The molecule has 0 radical (unpaired) electrons. The zero-order chi connectivity index (χ0) is 10.3. The van der Waals surface area contributed by atoms with Crippen molar-refractivity contribution in [2.75, 3.05) is 0 Å². The molecule has 0 atom stereocenters. The number of hydrogen-bond acceptors (Lipinski definition) is 2. The number of benzene rings is 1. The van der Waals surface area contributed by atoms with E-state index >= 15 is 0 Å². The second-order valence-corrected chi connectivity index (χ2v) is 4.16. The highest BCUT2D eigenvalue weighted by molar-refractivity contribution is 5.81. The molecule has 74 valence electrons. The normalized spacial score (nSPS) is 11.5. The van der Waals surface area contributed by atoms with Gasteiger partial charge in [-0.05, 0) is 43.0 Å². The Bertz CT molecular complexity index is 468. The molecule has 0 saturated carbocycles. The van der Waals surface area contributed by atoms with E-state index in [4.69, 9.17) is 4.52 Å². The van der Waals surface area contributed by atoms with Crippen molar-refractivity contribution in [3.8, 4) is 0 Å². The van der Waals surface area contributed by atoms with Crippen LogP contribution in [-0.4, -0.2) is 5.16 Å². The van der Waals surface area contributed by atoms with E-state index in [1.54, 1.807) is 0 Å². The van der Waals surface area contributed by atoms with Gasteiger partial charge in [-0.1, -0.05) is 19.0 Å². The van der Waals surface area contributed by atoms with Crippen molar-refractivity contribution in [3.63, 3.8) is 0 Å². The summed E-state index contributed by atoms with van der Waals surface area (Å²) < 4.78 is 5.30. The van der Waals surface area contributed by atoms with Gasteiger partial charge in [-0.3, -0.25) is 0 Å². The molecule has 2 rings (SSSR count). The molecule has 0 N–H and O–H groups in total. The van der Waals surface area contributed by atoms with Crippen molar-refractivity contribution in [3.05, 3.63) is 29.0 Å². The molecule has 2 heteroatoms. The van der Waals surface area contributed by atoms with Crippen molar-refractivity contribution >= 4 is 11.0 Å². The van der Waals surface area contributed by atoms with Crippen LogP contribution in [0.1, 0.15) is 36.6 Å². The fourth-order valence-electron chi connectivity index (χ4n) is 1.63. The van der Waals surface area contributed by atoms with Gasteiger partial charge < -0.3 is 4.52 Å². The van der Waals surface area contributed by atoms with Crippen molar-refractivity contribution in [2.24, 2.45) is 0 Å². The minimum atomic E-state index is 0.415. The quantitative estimate of drug-likeness (QED) is 0.685. The third-order valence-corrected chi connectivity index (χ3v) is 2.66. The van der Waals surface area contributed by atoms with E-state index in [2.05, 4.69) is 45.0 Å². The number of aromatic nitrogens is 1. The average molecular weight is 189 g/mol. The fraction of sp³-hybridized carbons (Fsp3) is 0.417. The summed E-state index contributed by atoms with van der Waals surface area (Å²) in [7, 11) is 0. The van der Waals surface area contributed by atoms with Crippen molar-refractivity contribution in [1.29, 1.82) is 0 Å². The number of aryl methyl sites for hydroxylation is 2. The summed E-state index contributed by atoms with van der Waals surface area (Å²) >= 11 is 0. The second kappa shape index (κ2) is 3.12. The summed E-state index contributed by atoms with van der Waals surface area (Å²) in [4.78, 5) is 0. The van der Waals surface area contributed by atoms with E-state index in [1.807, 2.05) is 0 Å². The monoisotopic (exact) mass is 189 g/mol. The van der Waals surface area contributed by atoms with Gasteiger partial charge in [0.2, 0.25) is 0 Å². The Morgan fingerprint density at radius 3 is 2.43 bits per heavy atom. The lowest BCUT2D eigenvalue weighted by atomic mass is 10.0. The van der Waals surface area contributed by atoms with Crippen LogP contribution in [0, 0.1) is 13.8 Å². The predicted molar refractivity (Wildman–Crippen MR) is 57.6 cm³/mol. The zero-order valence-corrected chi connectivity index (χ0v) is 9.09. The molecule has 0 aliphatic carbocycles. The largest absolute Gasteiger partial charge is 0.356 e. The smallest absolute Gasteiger partial charge is 0.167 e. The summed E-state index contributed by atoms with van der Waals surface area (Å²) in [5.74, 6) is 0.415. The molecule has 1 aromatic carbocycles. The molecule has 2 aromatic rings. The van der Waals surface area contributed by atoms with Crippen LogP contribution < -0.4 is 0 Å². The number of rotatable bonds is 1. The molecule has 0 amide bonds. The standard InChI is InChI=1S/C12H15NO/c1-7(2)12-10-5-8(3)9(4)6-11(10)14-13-12/h5-7H,1-4H3. The van der Waals surface area contributed by atoms with E-state index in [-0.39, 0.29) is 0 Å². The maximum atomic E-state index is 5.30. The van der Waals surface area contributed by atoms with E-state index < -0.39 is 0 Å². The lowest BCUT2D eigenvalue weighted by Gasteiger charge is -2.01. The number of hydrogen-bond donors (Lipinski definition) is 0. The van der Waals surface area contributed by atoms with Gasteiger partial charge in [-0.2, -0.15) is 0 Å². The predicted octanol–water partition coefficient (Wildman–Crippen LogP) is 3.57. The Balaban J connectivity index is 2.74. The highest BCUT2D eigenvalue weighted by Gasteiger charge is 2.12. The molecule has 14 heavy (non-hydrogen) atoms. The number of nitrogens with zero attached hydrogens (tertiary/aromatic N) is 1. The molecule has 2 nitrogen and oxygen atoms in total. The highest BCUT2D eigenvalue weighted by atomic mass is 16.5. The molecular weight excluding hydrogens is 174 g/mol. The molecule has 1 heterocycles. The van der Waals surface area contributed by atoms with Crippen LogP contribution >= 0.6 is 0 Å².